The van der Waals surface area contributed by atoms with Crippen LogP contribution in [0.1, 0.15) is 150 Å². The van der Waals surface area contributed by atoms with Gasteiger partial charge >= 0.3 is 15.2 Å². The normalized spacial score (nSPS) is 16.0. The molecule has 0 aromatic heterocycles. The third kappa shape index (κ3) is 17.4. The first kappa shape index (κ1) is 53.2. The summed E-state index contributed by atoms with van der Waals surface area (Å²) in [6.45, 7) is 45.4. The van der Waals surface area contributed by atoms with Gasteiger partial charge in [0.1, 0.15) is 35.3 Å². The van der Waals surface area contributed by atoms with Crippen LogP contribution in [0.5, 0.6) is 0 Å². The molecule has 12 nitrogen and oxygen atoms in total. The summed E-state index contributed by atoms with van der Waals surface area (Å²) >= 11 is 0. The number of nitrogens with zero attached hydrogens (tertiary/aromatic N) is 2. The maximum absolute atomic E-state index is 14.1. The Balaban J connectivity index is 5.23. The van der Waals surface area contributed by atoms with Gasteiger partial charge in [0.05, 0.1) is 39.6 Å². The van der Waals surface area contributed by atoms with E-state index in [-0.39, 0.29) is 26.4 Å². The number of unbranched alkanes of at least 4 members (excludes halogenated alkanes) is 3. The van der Waals surface area contributed by atoms with Crippen molar-refractivity contribution in [1.29, 1.82) is 0 Å². The molecular weight excluding hydrogens is 730 g/mol. The van der Waals surface area contributed by atoms with Crippen molar-refractivity contribution >= 4 is 15.2 Å². The van der Waals surface area contributed by atoms with Gasteiger partial charge in [-0.25, -0.2) is 0 Å². The fraction of sp³-hybridized carbons (Fsp3) is 0.900. The quantitative estimate of drug-likeness (QED) is 0.0340. The molecule has 0 N–H and O–H groups in total. The van der Waals surface area contributed by atoms with Gasteiger partial charge in [0.25, 0.3) is 0 Å². The maximum Gasteiger partial charge on any atom is 0.350 e. The molecule has 0 fully saturated rings. The predicted octanol–water partition coefficient (Wildman–Crippen LogP) is 11.7. The van der Waals surface area contributed by atoms with Crippen LogP contribution in [0.25, 0.3) is 0 Å². The van der Waals surface area contributed by atoms with E-state index in [0.29, 0.717) is 24.7 Å². The Morgan fingerprint density at radius 2 is 0.778 bits per heavy atom. The Bertz CT molecular complexity index is 1090. The number of hydroxylamine groups is 4. The lowest BCUT2D eigenvalue weighted by Crippen LogP contribution is -2.54. The van der Waals surface area contributed by atoms with Gasteiger partial charge < -0.3 is 27.6 Å². The summed E-state index contributed by atoms with van der Waals surface area (Å²) in [6.07, 6.45) is 2.52. The molecule has 0 saturated heterocycles. The molecule has 4 atom stereocenters. The number of rotatable bonds is 27. The van der Waals surface area contributed by atoms with Crippen LogP contribution in [-0.4, -0.2) is 84.6 Å². The predicted molar refractivity (Wildman–Crippen MR) is 221 cm³/mol. The molecule has 0 rings (SSSR count). The smallest absolute Gasteiger partial charge is 0.350 e. The van der Waals surface area contributed by atoms with E-state index in [1.54, 1.807) is 10.1 Å². The van der Waals surface area contributed by atoms with Gasteiger partial charge in [-0.15, -0.1) is 0 Å². The van der Waals surface area contributed by atoms with Gasteiger partial charge in [-0.3, -0.25) is 18.8 Å². The second-order valence-corrected chi connectivity index (χ2v) is 21.9. The minimum absolute atomic E-state index is 0.256. The Labute approximate surface area is 331 Å². The van der Waals surface area contributed by atoms with Crippen molar-refractivity contribution in [2.24, 2.45) is 10.8 Å². The Kier molecular flexibility index (Phi) is 22.6. The number of hydrogen-bond donors (Lipinski definition) is 0. The van der Waals surface area contributed by atoms with Gasteiger partial charge in [-0.05, 0) is 120 Å². The SMILES string of the molecule is C=C(OCCCCCCOC(=C)C(C)ON(C(C(C)(C)C)P(=O)(OCC)OCC)C(C)(C)C)C(C)ON(C(C(C)(C)C)P(=O)(OCC)OCC)C(C)(C)C. The summed E-state index contributed by atoms with van der Waals surface area (Å²) in [4.78, 5) is 13.0. The fourth-order valence-electron chi connectivity index (χ4n) is 5.81. The van der Waals surface area contributed by atoms with Crippen LogP contribution < -0.4 is 0 Å². The largest absolute Gasteiger partial charge is 0.496 e. The van der Waals surface area contributed by atoms with Crippen LogP contribution in [0.15, 0.2) is 24.7 Å². The molecule has 322 valence electrons. The van der Waals surface area contributed by atoms with E-state index in [1.807, 2.05) is 125 Å². The van der Waals surface area contributed by atoms with Crippen LogP contribution >= 0.6 is 15.2 Å². The first-order chi connectivity index (χ1) is 24.6. The third-order valence-corrected chi connectivity index (χ3v) is 13.9. The highest BCUT2D eigenvalue weighted by molar-refractivity contribution is 7.55. The molecule has 0 aliphatic rings. The molecule has 0 saturated carbocycles. The topological polar surface area (TPSA) is 114 Å². The molecule has 0 amide bonds. The van der Waals surface area contributed by atoms with E-state index >= 15 is 0 Å². The van der Waals surface area contributed by atoms with Crippen molar-refractivity contribution in [2.45, 2.75) is 185 Å². The van der Waals surface area contributed by atoms with E-state index in [1.165, 1.54) is 0 Å². The Morgan fingerprint density at radius 3 is 0.981 bits per heavy atom. The van der Waals surface area contributed by atoms with Crippen molar-refractivity contribution in [3.63, 3.8) is 0 Å². The van der Waals surface area contributed by atoms with E-state index in [4.69, 9.17) is 37.2 Å². The first-order valence-corrected chi connectivity index (χ1v) is 23.1. The second kappa shape index (κ2) is 23.0. The number of hydrogen-bond acceptors (Lipinski definition) is 12. The zero-order valence-corrected chi connectivity index (χ0v) is 39.5. The third-order valence-electron chi connectivity index (χ3n) is 8.21. The summed E-state index contributed by atoms with van der Waals surface area (Å²) in [5.41, 5.74) is -2.08. The van der Waals surface area contributed by atoms with Gasteiger partial charge in [0, 0.05) is 11.1 Å². The first-order valence-electron chi connectivity index (χ1n) is 19.9. The van der Waals surface area contributed by atoms with Crippen LogP contribution in [0, 0.1) is 10.8 Å². The van der Waals surface area contributed by atoms with Crippen molar-refractivity contribution < 1.29 is 46.4 Å². The van der Waals surface area contributed by atoms with E-state index in [9.17, 15) is 9.13 Å². The van der Waals surface area contributed by atoms with E-state index < -0.39 is 60.9 Å². The van der Waals surface area contributed by atoms with Crippen molar-refractivity contribution in [2.75, 3.05) is 39.6 Å². The second-order valence-electron chi connectivity index (χ2n) is 17.8. The lowest BCUT2D eigenvalue weighted by Gasteiger charge is -2.48. The standard InChI is InChI=1S/C40H82N2O10P2/c1-21-47-53(43,48-22-2)35(37(9,10)11)41(39(15,16)17)51-33(7)31(5)45-29-27-25-26-28-30-46-32(6)34(8)52-42(40(18,19)20)36(38(12,13)14)54(44,49-23-3)50-24-4/h33-36H,5-6,21-30H2,1-4,7-20H3. The van der Waals surface area contributed by atoms with Crippen LogP contribution in [0.3, 0.4) is 0 Å². The highest BCUT2D eigenvalue weighted by Gasteiger charge is 2.53. The fourth-order valence-corrected chi connectivity index (χ4v) is 11.2. The molecule has 0 bridgehead atoms. The molecule has 0 aromatic carbocycles. The molecule has 0 heterocycles. The van der Waals surface area contributed by atoms with E-state index in [0.717, 1.165) is 25.7 Å². The molecule has 0 radical (unpaired) electrons. The summed E-state index contributed by atoms with van der Waals surface area (Å²) in [5.74, 6) is -0.370. The van der Waals surface area contributed by atoms with E-state index in [2.05, 4.69) is 13.2 Å². The van der Waals surface area contributed by atoms with Gasteiger partial charge in [-0.2, -0.15) is 10.1 Å². The average Bonchev–Trinajstić information content (AvgIpc) is 2.99. The summed E-state index contributed by atoms with van der Waals surface area (Å²) in [6, 6.07) is 0. The van der Waals surface area contributed by atoms with Gasteiger partial charge in [0.15, 0.2) is 0 Å². The molecule has 54 heavy (non-hydrogen) atoms. The monoisotopic (exact) mass is 813 g/mol. The lowest BCUT2D eigenvalue weighted by atomic mass is 9.94. The Hall–Kier alpha value is -0.780. The lowest BCUT2D eigenvalue weighted by molar-refractivity contribution is -0.260. The van der Waals surface area contributed by atoms with Crippen LogP contribution in [-0.2, 0) is 46.4 Å². The molecule has 14 heteroatoms. The molecule has 4 unspecified atom stereocenters. The van der Waals surface area contributed by atoms with Crippen molar-refractivity contribution in [3.05, 3.63) is 24.7 Å². The zero-order valence-electron chi connectivity index (χ0n) is 37.7. The minimum Gasteiger partial charge on any atom is -0.496 e. The summed E-state index contributed by atoms with van der Waals surface area (Å²) in [7, 11) is -7.18. The highest BCUT2D eigenvalue weighted by Crippen LogP contribution is 2.62. The van der Waals surface area contributed by atoms with Gasteiger partial charge in [0.2, 0.25) is 0 Å². The zero-order chi connectivity index (χ0) is 42.3. The Morgan fingerprint density at radius 1 is 0.519 bits per heavy atom. The van der Waals surface area contributed by atoms with Crippen molar-refractivity contribution in [3.8, 4) is 0 Å². The van der Waals surface area contributed by atoms with Crippen LogP contribution in [0.4, 0.5) is 0 Å². The number of ether oxygens (including phenoxy) is 2. The van der Waals surface area contributed by atoms with Gasteiger partial charge in [-0.1, -0.05) is 54.7 Å². The summed E-state index contributed by atoms with van der Waals surface area (Å²) in [5, 5.41) is 3.50. The molecule has 0 aromatic rings. The van der Waals surface area contributed by atoms with Crippen LogP contribution in [0.2, 0.25) is 0 Å². The molecule has 0 spiro atoms. The van der Waals surface area contributed by atoms with Crippen molar-refractivity contribution in [1.82, 2.24) is 10.1 Å². The maximum atomic E-state index is 14.1. The molecular formula is C40H82N2O10P2. The summed E-state index contributed by atoms with van der Waals surface area (Å²) < 4.78 is 63.6. The minimum atomic E-state index is -3.59. The average molecular weight is 813 g/mol. The molecule has 0 aliphatic carbocycles. The highest BCUT2D eigenvalue weighted by atomic mass is 31.2. The molecule has 0 aliphatic heterocycles.